The summed E-state index contributed by atoms with van der Waals surface area (Å²) in [6, 6.07) is 13.4. The first kappa shape index (κ1) is 20.4. The summed E-state index contributed by atoms with van der Waals surface area (Å²) in [6.45, 7) is 0.265. The van der Waals surface area contributed by atoms with Crippen LogP contribution in [0.5, 0.6) is 5.75 Å². The van der Waals surface area contributed by atoms with Gasteiger partial charge in [0, 0.05) is 0 Å². The number of carbonyl (C=O) groups excluding carboxylic acids is 1. The number of nitrogens with two attached hydrogens (primary N) is 1. The summed E-state index contributed by atoms with van der Waals surface area (Å²) >= 11 is 0. The Balaban J connectivity index is 1.44. The van der Waals surface area contributed by atoms with Gasteiger partial charge < -0.3 is 9.47 Å². The van der Waals surface area contributed by atoms with Gasteiger partial charge in [0.2, 0.25) is 10.0 Å². The lowest BCUT2D eigenvalue weighted by Crippen LogP contribution is -2.13. The number of sulfonamides is 1. The zero-order valence-electron chi connectivity index (χ0n) is 15.7. The second-order valence-corrected chi connectivity index (χ2v) is 8.52. The summed E-state index contributed by atoms with van der Waals surface area (Å²) in [4.78, 5) is 12.2. The van der Waals surface area contributed by atoms with Crippen LogP contribution in [0, 0.1) is 0 Å². The molecule has 2 aromatic carbocycles. The van der Waals surface area contributed by atoms with Gasteiger partial charge in [0.1, 0.15) is 19.0 Å². The molecule has 0 spiro atoms. The van der Waals surface area contributed by atoms with Gasteiger partial charge in [0.15, 0.2) is 0 Å². The van der Waals surface area contributed by atoms with Gasteiger partial charge in [-0.05, 0) is 60.7 Å². The van der Waals surface area contributed by atoms with Crippen molar-refractivity contribution in [3.05, 3.63) is 59.7 Å². The number of hydrogen-bond acceptors (Lipinski definition) is 5. The van der Waals surface area contributed by atoms with E-state index in [1.165, 1.54) is 61.9 Å². The van der Waals surface area contributed by atoms with Gasteiger partial charge in [-0.1, -0.05) is 31.4 Å². The Kier molecular flexibility index (Phi) is 6.70. The fourth-order valence-electron chi connectivity index (χ4n) is 3.43. The van der Waals surface area contributed by atoms with Gasteiger partial charge in [-0.25, -0.2) is 18.4 Å². The Labute approximate surface area is 165 Å². The average molecular weight is 404 g/mol. The minimum Gasteiger partial charge on any atom is -0.490 e. The molecule has 0 amide bonds. The molecule has 3 rings (SSSR count). The average Bonchev–Trinajstić information content (AvgIpc) is 2.71. The van der Waals surface area contributed by atoms with Crippen LogP contribution in [0.25, 0.3) is 0 Å². The van der Waals surface area contributed by atoms with Crippen molar-refractivity contribution in [3.8, 4) is 5.75 Å². The minimum absolute atomic E-state index is 0.0166. The molecule has 0 aliphatic heterocycles. The molecule has 2 aromatic rings. The smallest absolute Gasteiger partial charge is 0.338 e. The second kappa shape index (κ2) is 9.21. The molecule has 2 N–H and O–H groups in total. The lowest BCUT2D eigenvalue weighted by atomic mass is 9.84. The van der Waals surface area contributed by atoms with Crippen LogP contribution in [0.1, 0.15) is 53.9 Å². The Morgan fingerprint density at radius 3 is 2.18 bits per heavy atom. The van der Waals surface area contributed by atoms with Crippen molar-refractivity contribution in [2.45, 2.75) is 42.9 Å². The van der Waals surface area contributed by atoms with Crippen molar-refractivity contribution in [1.82, 2.24) is 0 Å². The molecule has 0 atom stereocenters. The first-order chi connectivity index (χ1) is 13.4. The van der Waals surface area contributed by atoms with Crippen molar-refractivity contribution in [2.24, 2.45) is 5.14 Å². The maximum Gasteiger partial charge on any atom is 0.338 e. The van der Waals surface area contributed by atoms with Crippen molar-refractivity contribution >= 4 is 16.0 Å². The molecular weight excluding hydrogens is 378 g/mol. The van der Waals surface area contributed by atoms with E-state index in [4.69, 9.17) is 14.6 Å². The number of carbonyl (C=O) groups is 1. The summed E-state index contributed by atoms with van der Waals surface area (Å²) in [7, 11) is -3.72. The predicted molar refractivity (Wildman–Crippen MR) is 106 cm³/mol. The molecular formula is C21H25NO5S. The van der Waals surface area contributed by atoms with Crippen molar-refractivity contribution in [2.75, 3.05) is 13.2 Å². The number of benzene rings is 2. The molecule has 0 saturated heterocycles. The normalized spacial score (nSPS) is 15.2. The molecule has 150 valence electrons. The van der Waals surface area contributed by atoms with Gasteiger partial charge in [-0.15, -0.1) is 0 Å². The molecule has 0 bridgehead atoms. The van der Waals surface area contributed by atoms with Crippen LogP contribution >= 0.6 is 0 Å². The van der Waals surface area contributed by atoms with Gasteiger partial charge in [-0.2, -0.15) is 0 Å². The Morgan fingerprint density at radius 1 is 0.929 bits per heavy atom. The number of primary sulfonamides is 1. The summed E-state index contributed by atoms with van der Waals surface area (Å²) < 4.78 is 33.1. The highest BCUT2D eigenvalue weighted by molar-refractivity contribution is 7.89. The van der Waals surface area contributed by atoms with Crippen LogP contribution in [0.3, 0.4) is 0 Å². The van der Waals surface area contributed by atoms with Crippen LogP contribution in [0.2, 0.25) is 0 Å². The SMILES string of the molecule is NS(=O)(=O)c1ccc(OCCOC(=O)c2ccc(C3CCCCC3)cc2)cc1. The number of esters is 1. The van der Waals surface area contributed by atoms with E-state index in [-0.39, 0.29) is 24.1 Å². The standard InChI is InChI=1S/C21H25NO5S/c22-28(24,25)20-12-10-19(11-13-20)26-14-15-27-21(23)18-8-6-17(7-9-18)16-4-2-1-3-5-16/h6-13,16H,1-5,14-15H2,(H2,22,24,25). The van der Waals surface area contributed by atoms with Crippen molar-refractivity contribution in [3.63, 3.8) is 0 Å². The second-order valence-electron chi connectivity index (χ2n) is 6.96. The van der Waals surface area contributed by atoms with E-state index < -0.39 is 10.0 Å². The van der Waals surface area contributed by atoms with E-state index >= 15 is 0 Å². The fourth-order valence-corrected chi connectivity index (χ4v) is 3.95. The van der Waals surface area contributed by atoms with Gasteiger partial charge in [0.05, 0.1) is 10.5 Å². The summed E-state index contributed by atoms with van der Waals surface area (Å²) in [6.07, 6.45) is 6.32. The highest BCUT2D eigenvalue weighted by Crippen LogP contribution is 2.32. The fraction of sp³-hybridized carbons (Fsp3) is 0.381. The minimum atomic E-state index is -3.72. The molecule has 6 nitrogen and oxygen atoms in total. The van der Waals surface area contributed by atoms with Crippen LogP contribution in [0.15, 0.2) is 53.4 Å². The van der Waals surface area contributed by atoms with E-state index in [0.717, 1.165) is 0 Å². The van der Waals surface area contributed by atoms with Gasteiger partial charge >= 0.3 is 5.97 Å². The number of ether oxygens (including phenoxy) is 2. The third-order valence-corrected chi connectivity index (χ3v) is 5.89. The lowest BCUT2D eigenvalue weighted by molar-refractivity contribution is 0.0450. The largest absolute Gasteiger partial charge is 0.490 e. The summed E-state index contributed by atoms with van der Waals surface area (Å²) in [5.74, 6) is 0.691. The summed E-state index contributed by atoms with van der Waals surface area (Å²) in [5.41, 5.74) is 1.82. The van der Waals surface area contributed by atoms with E-state index in [1.807, 2.05) is 24.3 Å². The zero-order valence-corrected chi connectivity index (χ0v) is 16.5. The molecule has 1 fully saturated rings. The predicted octanol–water partition coefficient (Wildman–Crippen LogP) is 3.62. The Hall–Kier alpha value is -2.38. The quantitative estimate of drug-likeness (QED) is 0.563. The zero-order chi connectivity index (χ0) is 20.0. The first-order valence-electron chi connectivity index (χ1n) is 9.46. The van der Waals surface area contributed by atoms with Gasteiger partial charge in [0.25, 0.3) is 0 Å². The highest BCUT2D eigenvalue weighted by atomic mass is 32.2. The topological polar surface area (TPSA) is 95.7 Å². The van der Waals surface area contributed by atoms with Crippen LogP contribution in [-0.2, 0) is 14.8 Å². The third kappa shape index (κ3) is 5.56. The molecule has 0 unspecified atom stereocenters. The lowest BCUT2D eigenvalue weighted by Gasteiger charge is -2.22. The molecule has 28 heavy (non-hydrogen) atoms. The molecule has 1 aliphatic carbocycles. The van der Waals surface area contributed by atoms with E-state index in [2.05, 4.69) is 0 Å². The molecule has 1 aliphatic rings. The Morgan fingerprint density at radius 2 is 1.57 bits per heavy atom. The first-order valence-corrected chi connectivity index (χ1v) is 11.0. The Bertz CT molecular complexity index is 885. The maximum atomic E-state index is 12.1. The van der Waals surface area contributed by atoms with E-state index in [1.54, 1.807) is 0 Å². The number of hydrogen-bond donors (Lipinski definition) is 1. The van der Waals surface area contributed by atoms with Crippen LogP contribution in [0.4, 0.5) is 0 Å². The van der Waals surface area contributed by atoms with Gasteiger partial charge in [-0.3, -0.25) is 0 Å². The monoisotopic (exact) mass is 403 g/mol. The van der Waals surface area contributed by atoms with Crippen LogP contribution in [-0.4, -0.2) is 27.6 Å². The van der Waals surface area contributed by atoms with Crippen LogP contribution < -0.4 is 9.88 Å². The third-order valence-electron chi connectivity index (χ3n) is 4.96. The molecule has 0 aromatic heterocycles. The molecule has 7 heteroatoms. The van der Waals surface area contributed by atoms with Crippen molar-refractivity contribution in [1.29, 1.82) is 0 Å². The summed E-state index contributed by atoms with van der Waals surface area (Å²) in [5, 5.41) is 5.04. The van der Waals surface area contributed by atoms with E-state index in [9.17, 15) is 13.2 Å². The maximum absolute atomic E-state index is 12.1. The van der Waals surface area contributed by atoms with Crippen molar-refractivity contribution < 1.29 is 22.7 Å². The molecule has 0 radical (unpaired) electrons. The molecule has 1 saturated carbocycles. The molecule has 0 heterocycles. The van der Waals surface area contributed by atoms with E-state index in [0.29, 0.717) is 17.2 Å². The number of rotatable bonds is 7. The highest BCUT2D eigenvalue weighted by Gasteiger charge is 2.16.